The lowest BCUT2D eigenvalue weighted by molar-refractivity contribution is 0.0698. The van der Waals surface area contributed by atoms with Gasteiger partial charge in [0.25, 0.3) is 0 Å². The highest BCUT2D eigenvalue weighted by atomic mass is 32.2. The molecule has 1 aromatic heterocycles. The molecule has 1 rings (SSSR count). The fourth-order valence-electron chi connectivity index (χ4n) is 1.55. The van der Waals surface area contributed by atoms with Gasteiger partial charge >= 0.3 is 5.97 Å². The first-order valence-corrected chi connectivity index (χ1v) is 7.95. The van der Waals surface area contributed by atoms with Crippen LogP contribution in [0.1, 0.15) is 28.6 Å². The van der Waals surface area contributed by atoms with Crippen LogP contribution in [0.25, 0.3) is 0 Å². The molecule has 1 aromatic rings. The molecule has 0 radical (unpaired) electrons. The maximum absolute atomic E-state index is 12.3. The molecule has 1 heterocycles. The Kier molecular flexibility index (Phi) is 5.08. The molecule has 1 atom stereocenters. The molecular weight excluding hydrogens is 290 g/mol. The number of thiophene rings is 1. The van der Waals surface area contributed by atoms with Crippen molar-refractivity contribution in [2.75, 3.05) is 13.6 Å². The normalized spacial score (nSPS) is 13.7. The van der Waals surface area contributed by atoms with Crippen molar-refractivity contribution in [1.82, 2.24) is 4.31 Å². The van der Waals surface area contributed by atoms with Crippen molar-refractivity contribution >= 4 is 27.3 Å². The van der Waals surface area contributed by atoms with Gasteiger partial charge in [-0.1, -0.05) is 0 Å². The van der Waals surface area contributed by atoms with Crippen molar-refractivity contribution in [2.45, 2.75) is 31.3 Å². The second-order valence-electron chi connectivity index (χ2n) is 4.35. The van der Waals surface area contributed by atoms with Crippen LogP contribution in [0.15, 0.2) is 10.3 Å². The van der Waals surface area contributed by atoms with Crippen LogP contribution >= 0.6 is 11.3 Å². The molecule has 0 spiro atoms. The van der Waals surface area contributed by atoms with Crippen molar-refractivity contribution in [3.05, 3.63) is 15.8 Å². The van der Waals surface area contributed by atoms with Crippen LogP contribution in [0, 0.1) is 6.92 Å². The number of nitrogens with zero attached hydrogens (tertiary/aromatic N) is 1. The van der Waals surface area contributed by atoms with Gasteiger partial charge in [-0.15, -0.1) is 11.3 Å². The third-order valence-electron chi connectivity index (χ3n) is 2.64. The van der Waals surface area contributed by atoms with Crippen molar-refractivity contribution in [3.63, 3.8) is 0 Å². The van der Waals surface area contributed by atoms with Gasteiger partial charge in [-0.2, -0.15) is 0 Å². The number of aromatic carboxylic acids is 1. The van der Waals surface area contributed by atoms with E-state index in [-0.39, 0.29) is 16.3 Å². The van der Waals surface area contributed by atoms with E-state index in [4.69, 9.17) is 5.11 Å². The zero-order valence-electron chi connectivity index (χ0n) is 11.0. The molecule has 1 unspecified atom stereocenters. The van der Waals surface area contributed by atoms with E-state index in [1.165, 1.54) is 12.4 Å². The van der Waals surface area contributed by atoms with E-state index >= 15 is 0 Å². The highest BCUT2D eigenvalue weighted by Gasteiger charge is 2.30. The molecule has 0 aliphatic rings. The van der Waals surface area contributed by atoms with E-state index in [1.807, 2.05) is 0 Å². The summed E-state index contributed by atoms with van der Waals surface area (Å²) in [5.74, 6) is -1.25. The molecule has 0 amide bonds. The van der Waals surface area contributed by atoms with Crippen molar-refractivity contribution in [2.24, 2.45) is 0 Å². The average molecular weight is 307 g/mol. The summed E-state index contributed by atoms with van der Waals surface area (Å²) in [6.45, 7) is 3.27. The maximum Gasteiger partial charge on any atom is 0.347 e. The number of aryl methyl sites for hydroxylation is 1. The van der Waals surface area contributed by atoms with Crippen LogP contribution in [-0.2, 0) is 10.0 Å². The first kappa shape index (κ1) is 16.1. The number of hydrogen-bond acceptors (Lipinski definition) is 5. The molecule has 0 aliphatic carbocycles. The largest absolute Gasteiger partial charge is 0.477 e. The summed E-state index contributed by atoms with van der Waals surface area (Å²) in [5.41, 5.74) is 0.422. The predicted octanol–water partition coefficient (Wildman–Crippen LogP) is 1.15. The van der Waals surface area contributed by atoms with E-state index < -0.39 is 22.1 Å². The third-order valence-corrected chi connectivity index (χ3v) is 5.90. The molecule has 0 aliphatic heterocycles. The summed E-state index contributed by atoms with van der Waals surface area (Å²) in [4.78, 5) is 10.7. The van der Waals surface area contributed by atoms with Gasteiger partial charge in [0.05, 0.1) is 6.10 Å². The first-order valence-electron chi connectivity index (χ1n) is 5.63. The number of aliphatic hydroxyl groups excluding tert-OH is 1. The Bertz CT molecular complexity index is 562. The second-order valence-corrected chi connectivity index (χ2v) is 7.21. The molecule has 0 aromatic carbocycles. The number of rotatable bonds is 6. The van der Waals surface area contributed by atoms with E-state index in [0.717, 1.165) is 15.6 Å². The van der Waals surface area contributed by atoms with Gasteiger partial charge in [0.2, 0.25) is 10.0 Å². The van der Waals surface area contributed by atoms with Gasteiger partial charge < -0.3 is 10.2 Å². The summed E-state index contributed by atoms with van der Waals surface area (Å²) in [7, 11) is -2.47. The summed E-state index contributed by atoms with van der Waals surface area (Å²) in [6, 6.07) is 0. The van der Waals surface area contributed by atoms with Gasteiger partial charge in [-0.25, -0.2) is 17.5 Å². The van der Waals surface area contributed by atoms with E-state index in [9.17, 15) is 18.3 Å². The van der Waals surface area contributed by atoms with Gasteiger partial charge in [0, 0.05) is 13.6 Å². The summed E-state index contributed by atoms with van der Waals surface area (Å²) in [5, 5.41) is 19.7. The summed E-state index contributed by atoms with van der Waals surface area (Å²) in [6.07, 6.45) is -0.318. The quantitative estimate of drug-likeness (QED) is 0.822. The molecular formula is C11H17NO5S2. The first-order chi connectivity index (χ1) is 8.67. The fraction of sp³-hybridized carbons (Fsp3) is 0.545. The molecule has 6 nitrogen and oxygen atoms in total. The smallest absolute Gasteiger partial charge is 0.347 e. The zero-order chi connectivity index (χ0) is 14.8. The highest BCUT2D eigenvalue weighted by molar-refractivity contribution is 7.89. The minimum atomic E-state index is -3.85. The van der Waals surface area contributed by atoms with Crippen LogP contribution < -0.4 is 0 Å². The van der Waals surface area contributed by atoms with Crippen LogP contribution in [0.4, 0.5) is 0 Å². The Morgan fingerprint density at radius 1 is 1.53 bits per heavy atom. The molecule has 0 saturated heterocycles. The van der Waals surface area contributed by atoms with E-state index in [1.54, 1.807) is 13.8 Å². The Labute approximate surface area is 116 Å². The number of carboxylic acids is 1. The minimum Gasteiger partial charge on any atom is -0.477 e. The molecule has 108 valence electrons. The Morgan fingerprint density at radius 2 is 2.11 bits per heavy atom. The maximum atomic E-state index is 12.3. The topological polar surface area (TPSA) is 94.9 Å². The Hall–Kier alpha value is -0.960. The number of hydrogen-bond donors (Lipinski definition) is 2. The number of carbonyl (C=O) groups is 1. The Morgan fingerprint density at radius 3 is 2.58 bits per heavy atom. The molecule has 0 saturated carbocycles. The highest BCUT2D eigenvalue weighted by Crippen LogP contribution is 2.29. The zero-order valence-corrected chi connectivity index (χ0v) is 12.6. The monoisotopic (exact) mass is 307 g/mol. The second kappa shape index (κ2) is 6.00. The third kappa shape index (κ3) is 3.53. The number of sulfonamides is 1. The molecule has 0 fully saturated rings. The average Bonchev–Trinajstić information content (AvgIpc) is 2.68. The van der Waals surface area contributed by atoms with Gasteiger partial charge in [-0.3, -0.25) is 0 Å². The lowest BCUT2D eigenvalue weighted by Crippen LogP contribution is -2.30. The molecule has 0 bridgehead atoms. The SMILES string of the molecule is Cc1csc(C(=O)O)c1S(=O)(=O)N(C)CCC(C)O. The van der Waals surface area contributed by atoms with Gasteiger partial charge in [0.1, 0.15) is 9.77 Å². The lowest BCUT2D eigenvalue weighted by atomic mass is 10.3. The van der Waals surface area contributed by atoms with Gasteiger partial charge in [-0.05, 0) is 31.2 Å². The fourth-order valence-corrected chi connectivity index (χ4v) is 4.31. The van der Waals surface area contributed by atoms with Crippen LogP contribution in [0.3, 0.4) is 0 Å². The minimum absolute atomic E-state index is 0.133. The predicted molar refractivity (Wildman–Crippen MR) is 72.1 cm³/mol. The Balaban J connectivity index is 3.13. The molecule has 19 heavy (non-hydrogen) atoms. The summed E-state index contributed by atoms with van der Waals surface area (Å²) < 4.78 is 25.7. The van der Waals surface area contributed by atoms with Crippen molar-refractivity contribution < 1.29 is 23.4 Å². The van der Waals surface area contributed by atoms with Crippen molar-refractivity contribution in [1.29, 1.82) is 0 Å². The van der Waals surface area contributed by atoms with Crippen LogP contribution in [0.2, 0.25) is 0 Å². The number of carboxylic acid groups (broad SMARTS) is 1. The standard InChI is InChI=1S/C11H17NO5S2/c1-7-6-18-9(11(14)15)10(7)19(16,17)12(3)5-4-8(2)13/h6,8,13H,4-5H2,1-3H3,(H,14,15). The molecule has 8 heteroatoms. The van der Waals surface area contributed by atoms with Crippen LogP contribution in [0.5, 0.6) is 0 Å². The summed E-state index contributed by atoms with van der Waals surface area (Å²) >= 11 is 0.898. The van der Waals surface area contributed by atoms with E-state index in [0.29, 0.717) is 12.0 Å². The van der Waals surface area contributed by atoms with Crippen molar-refractivity contribution in [3.8, 4) is 0 Å². The number of aliphatic hydroxyl groups is 1. The van der Waals surface area contributed by atoms with E-state index in [2.05, 4.69) is 0 Å². The van der Waals surface area contributed by atoms with Gasteiger partial charge in [0.15, 0.2) is 0 Å². The molecule has 2 N–H and O–H groups in total. The van der Waals surface area contributed by atoms with Crippen LogP contribution in [-0.4, -0.2) is 48.6 Å². The lowest BCUT2D eigenvalue weighted by Gasteiger charge is -2.18.